The van der Waals surface area contributed by atoms with Crippen LogP contribution in [0.3, 0.4) is 0 Å². The van der Waals surface area contributed by atoms with E-state index < -0.39 is 7.12 Å². The third kappa shape index (κ3) is 1.24. The molecule has 62 valence electrons. The zero-order valence-electron chi connectivity index (χ0n) is 6.23. The van der Waals surface area contributed by atoms with Gasteiger partial charge in [0.1, 0.15) is 11.5 Å². The molecule has 4 nitrogen and oxygen atoms in total. The first-order valence-electron chi connectivity index (χ1n) is 3.52. The molecule has 0 fully saturated rings. The number of benzene rings is 1. The van der Waals surface area contributed by atoms with Gasteiger partial charge in [-0.05, 0) is 17.6 Å². The monoisotopic (exact) mass is 166 g/mol. The Hall–Kier alpha value is -1.20. The van der Waals surface area contributed by atoms with E-state index in [4.69, 9.17) is 19.5 Å². The highest BCUT2D eigenvalue weighted by Crippen LogP contribution is 2.22. The van der Waals surface area contributed by atoms with E-state index in [1.165, 1.54) is 0 Å². The van der Waals surface area contributed by atoms with Crippen molar-refractivity contribution in [2.45, 2.75) is 0 Å². The third-order valence-corrected chi connectivity index (χ3v) is 1.65. The second kappa shape index (κ2) is 2.69. The van der Waals surface area contributed by atoms with Crippen molar-refractivity contribution < 1.29 is 19.5 Å². The molecular formula is C7H7BO4. The summed E-state index contributed by atoms with van der Waals surface area (Å²) in [5.74, 6) is 1.20. The molecule has 0 spiro atoms. The van der Waals surface area contributed by atoms with E-state index in [0.717, 1.165) is 0 Å². The van der Waals surface area contributed by atoms with Crippen molar-refractivity contribution in [2.24, 2.45) is 0 Å². The van der Waals surface area contributed by atoms with E-state index in [9.17, 15) is 0 Å². The first-order valence-corrected chi connectivity index (χ1v) is 3.52. The van der Waals surface area contributed by atoms with Crippen molar-refractivity contribution in [3.05, 3.63) is 18.2 Å². The van der Waals surface area contributed by atoms with Crippen LogP contribution in [-0.4, -0.2) is 24.0 Å². The lowest BCUT2D eigenvalue weighted by molar-refractivity contribution is 0.106. The van der Waals surface area contributed by atoms with E-state index in [1.807, 2.05) is 0 Å². The third-order valence-electron chi connectivity index (χ3n) is 1.65. The summed E-state index contributed by atoms with van der Waals surface area (Å²) in [6, 6.07) is 4.82. The number of fused-ring (bicyclic) bond motifs is 2. The summed E-state index contributed by atoms with van der Waals surface area (Å²) < 4.78 is 10.1. The van der Waals surface area contributed by atoms with E-state index in [2.05, 4.69) is 0 Å². The van der Waals surface area contributed by atoms with Crippen molar-refractivity contribution in [3.63, 3.8) is 0 Å². The Labute approximate surface area is 69.5 Å². The molecule has 0 amide bonds. The van der Waals surface area contributed by atoms with Crippen LogP contribution in [0.2, 0.25) is 0 Å². The molecule has 1 aromatic carbocycles. The molecule has 12 heavy (non-hydrogen) atoms. The molecule has 1 aromatic rings. The maximum atomic E-state index is 8.84. The predicted octanol–water partition coefficient (Wildman–Crippen LogP) is -0.905. The zero-order valence-corrected chi connectivity index (χ0v) is 6.23. The SMILES string of the molecule is OB(O)c1cc2cc(c1)OCO2. The topological polar surface area (TPSA) is 58.9 Å². The van der Waals surface area contributed by atoms with Gasteiger partial charge in [0.2, 0.25) is 6.79 Å². The van der Waals surface area contributed by atoms with Gasteiger partial charge in [-0.25, -0.2) is 0 Å². The second-order valence-electron chi connectivity index (χ2n) is 2.52. The number of hydrogen-bond acceptors (Lipinski definition) is 4. The fourth-order valence-corrected chi connectivity index (χ4v) is 1.08. The Morgan fingerprint density at radius 2 is 1.67 bits per heavy atom. The van der Waals surface area contributed by atoms with Crippen LogP contribution >= 0.6 is 0 Å². The molecule has 2 N–H and O–H groups in total. The van der Waals surface area contributed by atoms with E-state index >= 15 is 0 Å². The fourth-order valence-electron chi connectivity index (χ4n) is 1.08. The average molecular weight is 166 g/mol. The molecule has 0 saturated heterocycles. The van der Waals surface area contributed by atoms with Crippen LogP contribution in [0.5, 0.6) is 11.5 Å². The van der Waals surface area contributed by atoms with Crippen molar-refractivity contribution in [1.82, 2.24) is 0 Å². The van der Waals surface area contributed by atoms with Crippen LogP contribution < -0.4 is 14.9 Å². The number of ether oxygens (including phenoxy) is 2. The minimum atomic E-state index is -1.48. The van der Waals surface area contributed by atoms with Crippen molar-refractivity contribution in [3.8, 4) is 11.5 Å². The summed E-state index contributed by atoms with van der Waals surface area (Å²) in [4.78, 5) is 0. The lowest BCUT2D eigenvalue weighted by atomic mass is 9.80. The van der Waals surface area contributed by atoms with E-state index in [-0.39, 0.29) is 6.79 Å². The van der Waals surface area contributed by atoms with Gasteiger partial charge in [-0.2, -0.15) is 0 Å². The van der Waals surface area contributed by atoms with Gasteiger partial charge in [0.15, 0.2) is 0 Å². The van der Waals surface area contributed by atoms with Gasteiger partial charge in [0.05, 0.1) is 0 Å². The molecule has 0 aliphatic carbocycles. The maximum Gasteiger partial charge on any atom is 0.488 e. The Morgan fingerprint density at radius 1 is 1.08 bits per heavy atom. The molecule has 2 bridgehead atoms. The summed E-state index contributed by atoms with van der Waals surface area (Å²) in [5.41, 5.74) is 0.377. The molecule has 0 saturated carbocycles. The van der Waals surface area contributed by atoms with Crippen molar-refractivity contribution in [2.75, 3.05) is 6.79 Å². The van der Waals surface area contributed by atoms with Gasteiger partial charge >= 0.3 is 7.12 Å². The smallest absolute Gasteiger partial charge is 0.457 e. The van der Waals surface area contributed by atoms with Crippen LogP contribution in [0, 0.1) is 0 Å². The maximum absolute atomic E-state index is 8.84. The molecular weight excluding hydrogens is 159 g/mol. The zero-order chi connectivity index (χ0) is 8.55. The van der Waals surface area contributed by atoms with Crippen LogP contribution in [0.15, 0.2) is 18.2 Å². The van der Waals surface area contributed by atoms with Gasteiger partial charge < -0.3 is 19.5 Å². The van der Waals surface area contributed by atoms with Gasteiger partial charge in [-0.15, -0.1) is 0 Å². The van der Waals surface area contributed by atoms with Crippen molar-refractivity contribution in [1.29, 1.82) is 0 Å². The molecule has 0 atom stereocenters. The molecule has 1 aliphatic rings. The quantitative estimate of drug-likeness (QED) is 0.530. The Morgan fingerprint density at radius 3 is 2.17 bits per heavy atom. The summed E-state index contributed by atoms with van der Waals surface area (Å²) in [6.07, 6.45) is 0. The molecule has 0 unspecified atom stereocenters. The molecule has 5 heteroatoms. The average Bonchev–Trinajstić information content (AvgIpc) is 2.03. The van der Waals surface area contributed by atoms with Crippen LogP contribution in [0.25, 0.3) is 0 Å². The van der Waals surface area contributed by atoms with Crippen LogP contribution in [-0.2, 0) is 0 Å². The van der Waals surface area contributed by atoms with E-state index in [1.54, 1.807) is 18.2 Å². The summed E-state index contributed by atoms with van der Waals surface area (Å²) in [7, 11) is -1.48. The largest absolute Gasteiger partial charge is 0.488 e. The summed E-state index contributed by atoms with van der Waals surface area (Å²) >= 11 is 0. The Bertz CT molecular complexity index is 277. The Balaban J connectivity index is 2.42. The second-order valence-corrected chi connectivity index (χ2v) is 2.52. The van der Waals surface area contributed by atoms with Gasteiger partial charge in [0, 0.05) is 6.07 Å². The molecule has 1 heterocycles. The fraction of sp³-hybridized carbons (Fsp3) is 0.143. The number of rotatable bonds is 1. The van der Waals surface area contributed by atoms with Gasteiger partial charge in [-0.3, -0.25) is 0 Å². The van der Waals surface area contributed by atoms with Crippen LogP contribution in [0.1, 0.15) is 0 Å². The van der Waals surface area contributed by atoms with Crippen molar-refractivity contribution >= 4 is 12.6 Å². The minimum absolute atomic E-state index is 0.184. The Kier molecular flexibility index (Phi) is 1.67. The van der Waals surface area contributed by atoms with E-state index in [0.29, 0.717) is 17.0 Å². The standard InChI is InChI=1S/C7H7BO4/c9-8(10)5-1-6-3-7(2-5)12-4-11-6/h1-3,9-10H,4H2. The molecule has 2 rings (SSSR count). The van der Waals surface area contributed by atoms with Gasteiger partial charge in [0.25, 0.3) is 0 Å². The first kappa shape index (κ1) is 7.45. The minimum Gasteiger partial charge on any atom is -0.457 e. The highest BCUT2D eigenvalue weighted by molar-refractivity contribution is 6.58. The normalized spacial score (nSPS) is 13.2. The lowest BCUT2D eigenvalue weighted by Crippen LogP contribution is -2.31. The summed E-state index contributed by atoms with van der Waals surface area (Å²) in [6.45, 7) is 0.184. The predicted molar refractivity (Wildman–Crippen MR) is 42.4 cm³/mol. The molecule has 1 aliphatic heterocycles. The number of hydrogen-bond donors (Lipinski definition) is 2. The van der Waals surface area contributed by atoms with Gasteiger partial charge in [-0.1, -0.05) is 0 Å². The molecule has 0 radical (unpaired) electrons. The molecule has 0 aromatic heterocycles. The first-order chi connectivity index (χ1) is 5.75. The lowest BCUT2D eigenvalue weighted by Gasteiger charge is -2.16. The highest BCUT2D eigenvalue weighted by Gasteiger charge is 2.16. The highest BCUT2D eigenvalue weighted by atomic mass is 16.7. The van der Waals surface area contributed by atoms with Crippen LogP contribution in [0.4, 0.5) is 0 Å². The summed E-state index contributed by atoms with van der Waals surface area (Å²) in [5, 5.41) is 17.7.